The van der Waals surface area contributed by atoms with E-state index < -0.39 is 0 Å². The molecule has 19 heavy (non-hydrogen) atoms. The molecule has 1 saturated carbocycles. The van der Waals surface area contributed by atoms with Crippen molar-refractivity contribution in [3.63, 3.8) is 0 Å². The first kappa shape index (κ1) is 15.3. The van der Waals surface area contributed by atoms with Crippen molar-refractivity contribution in [2.24, 2.45) is 5.41 Å². The Bertz CT molecular complexity index is 279. The van der Waals surface area contributed by atoms with Gasteiger partial charge in [0.2, 0.25) is 0 Å². The molecule has 1 aliphatic carbocycles. The second kappa shape index (κ2) is 6.13. The lowest BCUT2D eigenvalue weighted by atomic mass is 9.87. The predicted octanol–water partition coefficient (Wildman–Crippen LogP) is 3.81. The monoisotopic (exact) mass is 266 g/mol. The van der Waals surface area contributed by atoms with Crippen LogP contribution in [0.25, 0.3) is 0 Å². The van der Waals surface area contributed by atoms with Crippen LogP contribution in [0.15, 0.2) is 0 Å². The van der Waals surface area contributed by atoms with Crippen molar-refractivity contribution < 1.29 is 0 Å². The van der Waals surface area contributed by atoms with E-state index in [2.05, 4.69) is 37.9 Å². The Balaban J connectivity index is 2.02. The molecule has 0 spiro atoms. The average molecular weight is 266 g/mol. The van der Waals surface area contributed by atoms with Gasteiger partial charge in [-0.3, -0.25) is 4.90 Å². The number of nitrogens with one attached hydrogen (secondary N) is 1. The molecule has 0 bridgehead atoms. The number of hydrogen-bond acceptors (Lipinski definition) is 2. The van der Waals surface area contributed by atoms with Crippen LogP contribution in [0.3, 0.4) is 0 Å². The van der Waals surface area contributed by atoms with Crippen LogP contribution in [0.1, 0.15) is 72.6 Å². The lowest BCUT2D eigenvalue weighted by Crippen LogP contribution is -2.64. The zero-order chi connectivity index (χ0) is 13.9. The molecule has 2 fully saturated rings. The van der Waals surface area contributed by atoms with Crippen molar-refractivity contribution in [2.75, 3.05) is 19.6 Å². The van der Waals surface area contributed by atoms with Crippen molar-refractivity contribution >= 4 is 0 Å². The molecular weight excluding hydrogens is 232 g/mol. The van der Waals surface area contributed by atoms with E-state index in [4.69, 9.17) is 0 Å². The number of nitrogens with zero attached hydrogens (tertiary/aromatic N) is 1. The van der Waals surface area contributed by atoms with E-state index in [1.807, 2.05) is 0 Å². The molecule has 2 rings (SSSR count). The zero-order valence-corrected chi connectivity index (χ0v) is 13.6. The molecule has 1 aliphatic heterocycles. The summed E-state index contributed by atoms with van der Waals surface area (Å²) in [6, 6.07) is 0.764. The van der Waals surface area contributed by atoms with Gasteiger partial charge >= 0.3 is 0 Å². The number of hydrogen-bond donors (Lipinski definition) is 1. The Hall–Kier alpha value is -0.0800. The van der Waals surface area contributed by atoms with Gasteiger partial charge in [-0.15, -0.1) is 0 Å². The topological polar surface area (TPSA) is 15.3 Å². The third-order valence-corrected chi connectivity index (χ3v) is 5.84. The second-order valence-corrected chi connectivity index (χ2v) is 7.09. The molecule has 0 aromatic rings. The largest absolute Gasteiger partial charge is 0.308 e. The Morgan fingerprint density at radius 1 is 1.11 bits per heavy atom. The molecule has 1 heterocycles. The minimum absolute atomic E-state index is 0.383. The standard InChI is InChI=1S/C17H34N2/c1-5-9-16(10-11-16)13-19-14-17(7-3,8-4)18-12-15(19)6-2/h15,18H,5-14H2,1-4H3. The number of rotatable bonds is 7. The van der Waals surface area contributed by atoms with Gasteiger partial charge in [-0.25, -0.2) is 0 Å². The molecule has 2 heteroatoms. The van der Waals surface area contributed by atoms with Crippen molar-refractivity contribution in [1.29, 1.82) is 0 Å². The minimum atomic E-state index is 0.383. The number of piperazine rings is 1. The molecule has 1 atom stereocenters. The first-order valence-corrected chi connectivity index (χ1v) is 8.61. The summed E-state index contributed by atoms with van der Waals surface area (Å²) in [6.45, 7) is 13.2. The van der Waals surface area contributed by atoms with Gasteiger partial charge in [0.1, 0.15) is 0 Å². The third-order valence-electron chi connectivity index (χ3n) is 5.84. The van der Waals surface area contributed by atoms with Gasteiger partial charge in [-0.05, 0) is 43.9 Å². The highest BCUT2D eigenvalue weighted by atomic mass is 15.3. The van der Waals surface area contributed by atoms with Crippen molar-refractivity contribution in [2.45, 2.75) is 84.2 Å². The normalized spacial score (nSPS) is 29.4. The third kappa shape index (κ3) is 3.33. The molecule has 0 aromatic heterocycles. The van der Waals surface area contributed by atoms with Gasteiger partial charge in [-0.2, -0.15) is 0 Å². The summed E-state index contributed by atoms with van der Waals surface area (Å²) in [5, 5.41) is 3.86. The molecule has 1 N–H and O–H groups in total. The Morgan fingerprint density at radius 3 is 2.26 bits per heavy atom. The molecule has 0 amide bonds. The molecule has 2 nitrogen and oxygen atoms in total. The molecule has 0 aromatic carbocycles. The summed E-state index contributed by atoms with van der Waals surface area (Å²) in [5.74, 6) is 0. The van der Waals surface area contributed by atoms with Crippen molar-refractivity contribution in [1.82, 2.24) is 10.2 Å². The van der Waals surface area contributed by atoms with Crippen LogP contribution < -0.4 is 5.32 Å². The zero-order valence-electron chi connectivity index (χ0n) is 13.6. The van der Waals surface area contributed by atoms with Crippen molar-refractivity contribution in [3.05, 3.63) is 0 Å². The maximum absolute atomic E-state index is 3.86. The van der Waals surface area contributed by atoms with Crippen LogP contribution in [0.2, 0.25) is 0 Å². The SMILES string of the molecule is CCCC1(CN2CC(CC)(CC)NCC2CC)CC1. The van der Waals surface area contributed by atoms with Gasteiger partial charge < -0.3 is 5.32 Å². The van der Waals surface area contributed by atoms with Gasteiger partial charge in [0.15, 0.2) is 0 Å². The van der Waals surface area contributed by atoms with Gasteiger partial charge in [0, 0.05) is 31.2 Å². The highest BCUT2D eigenvalue weighted by molar-refractivity contribution is 5.01. The van der Waals surface area contributed by atoms with Crippen LogP contribution in [-0.4, -0.2) is 36.1 Å². The Morgan fingerprint density at radius 2 is 1.79 bits per heavy atom. The van der Waals surface area contributed by atoms with E-state index in [0.717, 1.165) is 6.04 Å². The highest BCUT2D eigenvalue weighted by Crippen LogP contribution is 2.50. The summed E-state index contributed by atoms with van der Waals surface area (Å²) in [4.78, 5) is 2.84. The molecule has 0 radical (unpaired) electrons. The van der Waals surface area contributed by atoms with E-state index in [-0.39, 0.29) is 0 Å². The van der Waals surface area contributed by atoms with Gasteiger partial charge in [-0.1, -0.05) is 34.1 Å². The van der Waals surface area contributed by atoms with E-state index in [9.17, 15) is 0 Å². The second-order valence-electron chi connectivity index (χ2n) is 7.09. The molecule has 112 valence electrons. The molecule has 1 saturated heterocycles. The van der Waals surface area contributed by atoms with Crippen LogP contribution in [0.4, 0.5) is 0 Å². The van der Waals surface area contributed by atoms with E-state index in [1.165, 1.54) is 64.6 Å². The first-order chi connectivity index (χ1) is 9.12. The summed E-state index contributed by atoms with van der Waals surface area (Å²) in [7, 11) is 0. The summed E-state index contributed by atoms with van der Waals surface area (Å²) < 4.78 is 0. The maximum atomic E-state index is 3.86. The summed E-state index contributed by atoms with van der Waals surface area (Å²) >= 11 is 0. The van der Waals surface area contributed by atoms with E-state index in [1.54, 1.807) is 0 Å². The molecule has 1 unspecified atom stereocenters. The first-order valence-electron chi connectivity index (χ1n) is 8.61. The fraction of sp³-hybridized carbons (Fsp3) is 1.00. The molecule has 2 aliphatic rings. The van der Waals surface area contributed by atoms with E-state index in [0.29, 0.717) is 11.0 Å². The van der Waals surface area contributed by atoms with Crippen LogP contribution in [0, 0.1) is 5.41 Å². The van der Waals surface area contributed by atoms with Crippen molar-refractivity contribution in [3.8, 4) is 0 Å². The average Bonchev–Trinajstić information content (AvgIpc) is 3.18. The Labute approximate surface area is 120 Å². The fourth-order valence-corrected chi connectivity index (χ4v) is 3.97. The summed E-state index contributed by atoms with van der Waals surface area (Å²) in [6.07, 6.45) is 9.57. The van der Waals surface area contributed by atoms with Crippen LogP contribution in [0.5, 0.6) is 0 Å². The predicted molar refractivity (Wildman–Crippen MR) is 83.5 cm³/mol. The lowest BCUT2D eigenvalue weighted by molar-refractivity contribution is 0.0516. The quantitative estimate of drug-likeness (QED) is 0.754. The minimum Gasteiger partial charge on any atom is -0.308 e. The van der Waals surface area contributed by atoms with E-state index >= 15 is 0 Å². The lowest BCUT2D eigenvalue weighted by Gasteiger charge is -2.48. The molecular formula is C17H34N2. The summed E-state index contributed by atoms with van der Waals surface area (Å²) in [5.41, 5.74) is 1.08. The van der Waals surface area contributed by atoms with Crippen LogP contribution >= 0.6 is 0 Å². The fourth-order valence-electron chi connectivity index (χ4n) is 3.97. The Kier molecular flexibility index (Phi) is 4.94. The maximum Gasteiger partial charge on any atom is 0.0304 e. The van der Waals surface area contributed by atoms with Gasteiger partial charge in [0.25, 0.3) is 0 Å². The smallest absolute Gasteiger partial charge is 0.0304 e. The van der Waals surface area contributed by atoms with Gasteiger partial charge in [0.05, 0.1) is 0 Å². The highest BCUT2D eigenvalue weighted by Gasteiger charge is 2.46. The van der Waals surface area contributed by atoms with Crippen LogP contribution in [-0.2, 0) is 0 Å².